The first-order valence-electron chi connectivity index (χ1n) is 12.1. The lowest BCUT2D eigenvalue weighted by molar-refractivity contribution is 0.0341. The molecule has 3 N–H and O–H groups in total. The summed E-state index contributed by atoms with van der Waals surface area (Å²) in [4.78, 5) is 33.7. The molecule has 1 aliphatic heterocycles. The van der Waals surface area contributed by atoms with Gasteiger partial charge in [-0.1, -0.05) is 6.92 Å². The fourth-order valence-corrected chi connectivity index (χ4v) is 4.12. The number of benzene rings is 1. The quantitative estimate of drug-likeness (QED) is 0.533. The highest BCUT2D eigenvalue weighted by Gasteiger charge is 2.33. The Balaban J connectivity index is 1.87. The molecule has 3 atom stereocenters. The van der Waals surface area contributed by atoms with E-state index in [1.54, 1.807) is 35.5 Å². The number of urea groups is 1. The number of aliphatic hydroxyl groups is 1. The molecule has 0 fully saturated rings. The van der Waals surface area contributed by atoms with E-state index in [-0.39, 0.29) is 42.7 Å². The van der Waals surface area contributed by atoms with Crippen LogP contribution in [0.3, 0.4) is 0 Å². The number of nitrogens with one attached hydrogen (secondary N) is 2. The average Bonchev–Trinajstić information content (AvgIpc) is 2.81. The van der Waals surface area contributed by atoms with Gasteiger partial charge in [-0.3, -0.25) is 14.7 Å². The second kappa shape index (κ2) is 12.0. The minimum Gasteiger partial charge on any atom is -0.488 e. The first-order valence-corrected chi connectivity index (χ1v) is 12.1. The van der Waals surface area contributed by atoms with Crippen LogP contribution in [-0.2, 0) is 6.54 Å². The molecule has 9 nitrogen and oxygen atoms in total. The van der Waals surface area contributed by atoms with Crippen molar-refractivity contribution in [3.05, 3.63) is 53.9 Å². The highest BCUT2D eigenvalue weighted by Crippen LogP contribution is 2.30. The maximum Gasteiger partial charge on any atom is 0.319 e. The van der Waals surface area contributed by atoms with E-state index in [2.05, 4.69) is 27.4 Å². The van der Waals surface area contributed by atoms with E-state index in [1.165, 1.54) is 0 Å². The van der Waals surface area contributed by atoms with Gasteiger partial charge in [-0.25, -0.2) is 4.79 Å². The molecular weight excluding hydrogens is 446 g/mol. The van der Waals surface area contributed by atoms with Gasteiger partial charge in [0.05, 0.1) is 18.2 Å². The van der Waals surface area contributed by atoms with Crippen molar-refractivity contribution in [3.8, 4) is 5.75 Å². The molecule has 0 saturated carbocycles. The fraction of sp³-hybridized carbons (Fsp3) is 0.500. The van der Waals surface area contributed by atoms with Crippen molar-refractivity contribution in [2.75, 3.05) is 32.1 Å². The lowest BCUT2D eigenvalue weighted by Crippen LogP contribution is -2.49. The van der Waals surface area contributed by atoms with E-state index in [1.807, 2.05) is 40.0 Å². The van der Waals surface area contributed by atoms with Crippen LogP contribution in [0.4, 0.5) is 10.5 Å². The zero-order valence-corrected chi connectivity index (χ0v) is 21.2. The highest BCUT2D eigenvalue weighted by molar-refractivity contribution is 5.99. The molecule has 2 heterocycles. The molecule has 0 aliphatic carbocycles. The molecule has 9 heteroatoms. The van der Waals surface area contributed by atoms with Crippen LogP contribution in [0.25, 0.3) is 0 Å². The number of likely N-dealkylation sites (N-methyl/N-ethyl adjacent to an activating group) is 1. The number of aliphatic hydroxyl groups excluding tert-OH is 1. The summed E-state index contributed by atoms with van der Waals surface area (Å²) in [6, 6.07) is 8.36. The number of hydrogen-bond donors (Lipinski definition) is 3. The van der Waals surface area contributed by atoms with Crippen LogP contribution < -0.4 is 15.4 Å². The second-order valence-corrected chi connectivity index (χ2v) is 9.64. The Morgan fingerprint density at radius 1 is 1.26 bits per heavy atom. The van der Waals surface area contributed by atoms with Crippen molar-refractivity contribution in [2.45, 2.75) is 52.4 Å². The summed E-state index contributed by atoms with van der Waals surface area (Å²) in [5.74, 6) is 0.259. The van der Waals surface area contributed by atoms with Crippen LogP contribution in [0.15, 0.2) is 42.7 Å². The van der Waals surface area contributed by atoms with Crippen molar-refractivity contribution < 1.29 is 19.4 Å². The van der Waals surface area contributed by atoms with Crippen LogP contribution in [0.5, 0.6) is 5.75 Å². The summed E-state index contributed by atoms with van der Waals surface area (Å²) >= 11 is 0. The molecule has 0 unspecified atom stereocenters. The maximum absolute atomic E-state index is 13.5. The third kappa shape index (κ3) is 7.16. The largest absolute Gasteiger partial charge is 0.488 e. The Morgan fingerprint density at radius 3 is 2.63 bits per heavy atom. The number of pyridine rings is 1. The molecule has 0 spiro atoms. The van der Waals surface area contributed by atoms with Gasteiger partial charge in [0.15, 0.2) is 0 Å². The lowest BCUT2D eigenvalue weighted by Gasteiger charge is -2.38. The van der Waals surface area contributed by atoms with Crippen molar-refractivity contribution in [3.63, 3.8) is 0 Å². The summed E-state index contributed by atoms with van der Waals surface area (Å²) in [6.07, 6.45) is 3.37. The molecule has 1 aromatic carbocycles. The van der Waals surface area contributed by atoms with Crippen LogP contribution in [-0.4, -0.2) is 76.8 Å². The minimum absolute atomic E-state index is 0.0171. The first-order chi connectivity index (χ1) is 16.7. The average molecular weight is 484 g/mol. The van der Waals surface area contributed by atoms with Crippen LogP contribution in [0.1, 0.15) is 43.6 Å². The van der Waals surface area contributed by atoms with Crippen molar-refractivity contribution in [1.29, 1.82) is 0 Å². The smallest absolute Gasteiger partial charge is 0.319 e. The standard InChI is InChI=1S/C26H37N5O4/c1-17(2)28-26(34)29-21-6-7-23-22(12-21)25(33)31(19(4)16-32)13-18(3)24(35-23)15-30(5)14-20-8-10-27-11-9-20/h6-12,17-19,24,32H,13-16H2,1-5H3,(H2,28,29,34)/t18-,19+,24-/m1/s1. The van der Waals surface area contributed by atoms with Gasteiger partial charge in [-0.2, -0.15) is 0 Å². The topological polar surface area (TPSA) is 107 Å². The van der Waals surface area contributed by atoms with Crippen molar-refractivity contribution >= 4 is 17.6 Å². The van der Waals surface area contributed by atoms with E-state index in [9.17, 15) is 14.7 Å². The predicted molar refractivity (Wildman–Crippen MR) is 135 cm³/mol. The van der Waals surface area contributed by atoms with Crippen LogP contribution >= 0.6 is 0 Å². The monoisotopic (exact) mass is 483 g/mol. The molecule has 3 rings (SSSR count). The molecule has 0 bridgehead atoms. The van der Waals surface area contributed by atoms with Gasteiger partial charge in [0, 0.05) is 49.7 Å². The first kappa shape index (κ1) is 26.4. The molecule has 190 valence electrons. The number of ether oxygens (including phenoxy) is 1. The number of nitrogens with zero attached hydrogens (tertiary/aromatic N) is 3. The van der Waals surface area contributed by atoms with Gasteiger partial charge >= 0.3 is 6.03 Å². The van der Waals surface area contributed by atoms with Crippen molar-refractivity contribution in [2.24, 2.45) is 5.92 Å². The third-order valence-corrected chi connectivity index (χ3v) is 6.04. The molecule has 1 aliphatic rings. The Kier molecular flexibility index (Phi) is 9.06. The number of carbonyl (C=O) groups excluding carboxylic acids is 2. The van der Waals surface area contributed by atoms with E-state index >= 15 is 0 Å². The van der Waals surface area contributed by atoms with Gasteiger partial charge in [0.1, 0.15) is 11.9 Å². The van der Waals surface area contributed by atoms with E-state index in [0.717, 1.165) is 12.1 Å². The Labute approximate surface area is 207 Å². The zero-order chi connectivity index (χ0) is 25.5. The molecule has 0 radical (unpaired) electrons. The number of hydrogen-bond acceptors (Lipinski definition) is 6. The number of fused-ring (bicyclic) bond motifs is 1. The minimum atomic E-state index is -0.355. The Morgan fingerprint density at radius 2 is 1.97 bits per heavy atom. The summed E-state index contributed by atoms with van der Waals surface area (Å²) in [5.41, 5.74) is 2.01. The zero-order valence-electron chi connectivity index (χ0n) is 21.2. The van der Waals surface area contributed by atoms with E-state index < -0.39 is 0 Å². The fourth-order valence-electron chi connectivity index (χ4n) is 4.12. The second-order valence-electron chi connectivity index (χ2n) is 9.64. The normalized spacial score (nSPS) is 19.0. The summed E-state index contributed by atoms with van der Waals surface area (Å²) < 4.78 is 6.42. The molecule has 3 amide bonds. The molecule has 1 aromatic heterocycles. The summed E-state index contributed by atoms with van der Waals surface area (Å²) in [6.45, 7) is 9.33. The predicted octanol–water partition coefficient (Wildman–Crippen LogP) is 2.96. The molecule has 2 aromatic rings. The number of carbonyl (C=O) groups is 2. The van der Waals surface area contributed by atoms with Gasteiger partial charge in [0.2, 0.25) is 0 Å². The molecule has 35 heavy (non-hydrogen) atoms. The number of aromatic nitrogens is 1. The van der Waals surface area contributed by atoms with Crippen LogP contribution in [0, 0.1) is 5.92 Å². The molecule has 0 saturated heterocycles. The SMILES string of the molecule is CC(C)NC(=O)Nc1ccc2c(c1)C(=O)N([C@@H](C)CO)C[C@@H](C)[C@@H](CN(C)Cc1ccncc1)O2. The lowest BCUT2D eigenvalue weighted by atomic mass is 9.99. The third-order valence-electron chi connectivity index (χ3n) is 6.04. The van der Waals surface area contributed by atoms with Crippen molar-refractivity contribution in [1.82, 2.24) is 20.1 Å². The Hall–Kier alpha value is -3.17. The summed E-state index contributed by atoms with van der Waals surface area (Å²) in [7, 11) is 2.04. The van der Waals surface area contributed by atoms with Crippen LogP contribution in [0.2, 0.25) is 0 Å². The highest BCUT2D eigenvalue weighted by atomic mass is 16.5. The number of rotatable bonds is 8. The van der Waals surface area contributed by atoms with E-state index in [0.29, 0.717) is 30.1 Å². The molecular formula is C26H37N5O4. The number of anilines is 1. The summed E-state index contributed by atoms with van der Waals surface area (Å²) in [5, 5.41) is 15.4. The Bertz CT molecular complexity index is 1000. The van der Waals surface area contributed by atoms with Gasteiger partial charge < -0.3 is 25.4 Å². The van der Waals surface area contributed by atoms with E-state index in [4.69, 9.17) is 4.74 Å². The van der Waals surface area contributed by atoms with Gasteiger partial charge in [0.25, 0.3) is 5.91 Å². The van der Waals surface area contributed by atoms with Gasteiger partial charge in [-0.15, -0.1) is 0 Å². The maximum atomic E-state index is 13.5. The van der Waals surface area contributed by atoms with Gasteiger partial charge in [-0.05, 0) is 63.7 Å². The number of amides is 3.